The Bertz CT molecular complexity index is 815. The second kappa shape index (κ2) is 8.50. The summed E-state index contributed by atoms with van der Waals surface area (Å²) in [5.74, 6) is -0.0133. The van der Waals surface area contributed by atoms with Gasteiger partial charge in [0, 0.05) is 18.3 Å². The van der Waals surface area contributed by atoms with Gasteiger partial charge in [-0.05, 0) is 50.1 Å². The average Bonchev–Trinajstić information content (AvgIpc) is 2.60. The van der Waals surface area contributed by atoms with Crippen molar-refractivity contribution in [1.82, 2.24) is 4.98 Å². The Morgan fingerprint density at radius 3 is 2.68 bits per heavy atom. The number of nitriles is 1. The predicted octanol–water partition coefficient (Wildman–Crippen LogP) is 4.31. The van der Waals surface area contributed by atoms with E-state index in [4.69, 9.17) is 21.6 Å². The number of aromatic nitrogens is 1. The van der Waals surface area contributed by atoms with Crippen molar-refractivity contribution in [2.45, 2.75) is 27.2 Å². The molecule has 0 N–H and O–H groups in total. The van der Waals surface area contributed by atoms with Crippen molar-refractivity contribution in [3.05, 3.63) is 52.2 Å². The molecule has 2 aromatic rings. The van der Waals surface area contributed by atoms with Crippen LogP contribution in [0.3, 0.4) is 0 Å². The van der Waals surface area contributed by atoms with Gasteiger partial charge in [0.15, 0.2) is 5.69 Å². The molecule has 0 unspecified atom stereocenters. The standard InChI is InChI=1S/C19H20ClN3O2/c1-4-25-17-9-8-16(20)18(22-17)19(24)23(11-5-10-21)15-7-6-13(2)14(3)12-15/h6-9,12H,4-5,11H2,1-3H3. The van der Waals surface area contributed by atoms with Gasteiger partial charge >= 0.3 is 0 Å². The Morgan fingerprint density at radius 2 is 2.04 bits per heavy atom. The molecule has 130 valence electrons. The summed E-state index contributed by atoms with van der Waals surface area (Å²) in [5.41, 5.74) is 3.02. The van der Waals surface area contributed by atoms with E-state index >= 15 is 0 Å². The Morgan fingerprint density at radius 1 is 1.28 bits per heavy atom. The predicted molar refractivity (Wildman–Crippen MR) is 98.2 cm³/mol. The van der Waals surface area contributed by atoms with Crippen molar-refractivity contribution < 1.29 is 9.53 Å². The maximum Gasteiger partial charge on any atom is 0.278 e. The maximum atomic E-state index is 13.0. The molecule has 0 saturated carbocycles. The van der Waals surface area contributed by atoms with Gasteiger partial charge in [-0.1, -0.05) is 17.7 Å². The minimum atomic E-state index is -0.356. The first kappa shape index (κ1) is 18.8. The molecule has 5 nitrogen and oxygen atoms in total. The molecule has 0 fully saturated rings. The number of rotatable bonds is 6. The van der Waals surface area contributed by atoms with E-state index < -0.39 is 0 Å². The summed E-state index contributed by atoms with van der Waals surface area (Å²) < 4.78 is 5.36. The summed E-state index contributed by atoms with van der Waals surface area (Å²) in [6, 6.07) is 11.0. The zero-order valence-corrected chi connectivity index (χ0v) is 15.3. The van der Waals surface area contributed by atoms with Crippen molar-refractivity contribution in [3.8, 4) is 11.9 Å². The molecule has 0 spiro atoms. The number of nitrogens with zero attached hydrogens (tertiary/aromatic N) is 3. The maximum absolute atomic E-state index is 13.0. The first-order valence-electron chi connectivity index (χ1n) is 8.03. The van der Waals surface area contributed by atoms with Crippen LogP contribution in [0.15, 0.2) is 30.3 Å². The first-order valence-corrected chi connectivity index (χ1v) is 8.41. The molecule has 1 amide bonds. The van der Waals surface area contributed by atoms with Crippen LogP contribution in [0.5, 0.6) is 5.88 Å². The number of ether oxygens (including phenoxy) is 1. The van der Waals surface area contributed by atoms with E-state index in [9.17, 15) is 4.79 Å². The first-order chi connectivity index (χ1) is 12.0. The average molecular weight is 358 g/mol. The van der Waals surface area contributed by atoms with Gasteiger partial charge in [-0.25, -0.2) is 4.98 Å². The Kier molecular flexibility index (Phi) is 6.37. The summed E-state index contributed by atoms with van der Waals surface area (Å²) in [7, 11) is 0. The third kappa shape index (κ3) is 4.49. The number of anilines is 1. The highest BCUT2D eigenvalue weighted by atomic mass is 35.5. The molecule has 1 aromatic heterocycles. The van der Waals surface area contributed by atoms with Crippen molar-refractivity contribution in [2.24, 2.45) is 0 Å². The zero-order chi connectivity index (χ0) is 18.4. The van der Waals surface area contributed by atoms with E-state index in [2.05, 4.69) is 11.1 Å². The van der Waals surface area contributed by atoms with Crippen LogP contribution in [-0.2, 0) is 0 Å². The molecule has 0 aliphatic carbocycles. The van der Waals surface area contributed by atoms with Crippen LogP contribution in [0.2, 0.25) is 5.02 Å². The van der Waals surface area contributed by atoms with Gasteiger partial charge in [0.2, 0.25) is 5.88 Å². The van der Waals surface area contributed by atoms with E-state index in [1.807, 2.05) is 39.0 Å². The van der Waals surface area contributed by atoms with Gasteiger partial charge in [-0.15, -0.1) is 0 Å². The molecule has 0 atom stereocenters. The molecule has 0 aliphatic heterocycles. The second-order valence-electron chi connectivity index (χ2n) is 5.55. The Labute approximate surface area is 152 Å². The quantitative estimate of drug-likeness (QED) is 0.772. The number of halogens is 1. The second-order valence-corrected chi connectivity index (χ2v) is 5.95. The van der Waals surface area contributed by atoms with Crippen molar-refractivity contribution in [1.29, 1.82) is 5.26 Å². The lowest BCUT2D eigenvalue weighted by Crippen LogP contribution is -2.33. The molecular formula is C19H20ClN3O2. The summed E-state index contributed by atoms with van der Waals surface area (Å²) >= 11 is 6.18. The fourth-order valence-corrected chi connectivity index (χ4v) is 2.52. The van der Waals surface area contributed by atoms with Gasteiger partial charge in [-0.2, -0.15) is 5.26 Å². The van der Waals surface area contributed by atoms with Gasteiger partial charge in [0.25, 0.3) is 5.91 Å². The van der Waals surface area contributed by atoms with Gasteiger partial charge < -0.3 is 9.64 Å². The lowest BCUT2D eigenvalue weighted by atomic mass is 10.1. The van der Waals surface area contributed by atoms with E-state index in [0.29, 0.717) is 18.2 Å². The molecule has 0 bridgehead atoms. The fraction of sp³-hybridized carbons (Fsp3) is 0.316. The fourth-order valence-electron chi connectivity index (χ4n) is 2.33. The van der Waals surface area contributed by atoms with Crippen LogP contribution in [-0.4, -0.2) is 24.0 Å². The Balaban J connectivity index is 2.43. The van der Waals surface area contributed by atoms with Crippen molar-refractivity contribution in [2.75, 3.05) is 18.1 Å². The number of hydrogen-bond donors (Lipinski definition) is 0. The summed E-state index contributed by atoms with van der Waals surface area (Å²) in [4.78, 5) is 18.8. The molecule has 6 heteroatoms. The molecule has 0 radical (unpaired) electrons. The van der Waals surface area contributed by atoms with Crippen LogP contribution in [0.4, 0.5) is 5.69 Å². The highest BCUT2D eigenvalue weighted by Gasteiger charge is 2.22. The van der Waals surface area contributed by atoms with Gasteiger partial charge in [-0.3, -0.25) is 4.79 Å². The van der Waals surface area contributed by atoms with Crippen LogP contribution in [0, 0.1) is 25.2 Å². The molecular weight excluding hydrogens is 338 g/mol. The van der Waals surface area contributed by atoms with Gasteiger partial charge in [0.05, 0.1) is 24.1 Å². The number of benzene rings is 1. The normalized spacial score (nSPS) is 10.2. The number of amides is 1. The topological polar surface area (TPSA) is 66.2 Å². The minimum Gasteiger partial charge on any atom is -0.478 e. The van der Waals surface area contributed by atoms with E-state index in [1.165, 1.54) is 4.90 Å². The van der Waals surface area contributed by atoms with Crippen LogP contribution >= 0.6 is 11.6 Å². The van der Waals surface area contributed by atoms with Crippen LogP contribution < -0.4 is 9.64 Å². The SMILES string of the molecule is CCOc1ccc(Cl)c(C(=O)N(CCC#N)c2ccc(C)c(C)c2)n1. The summed E-state index contributed by atoms with van der Waals surface area (Å²) in [6.07, 6.45) is 0.210. The molecule has 1 aromatic carbocycles. The number of hydrogen-bond acceptors (Lipinski definition) is 4. The number of pyridine rings is 1. The van der Waals surface area contributed by atoms with E-state index in [-0.39, 0.29) is 29.6 Å². The van der Waals surface area contributed by atoms with Crippen molar-refractivity contribution in [3.63, 3.8) is 0 Å². The lowest BCUT2D eigenvalue weighted by molar-refractivity contribution is 0.0981. The Hall–Kier alpha value is -2.58. The number of carbonyl (C=O) groups excluding carboxylic acids is 1. The molecule has 25 heavy (non-hydrogen) atoms. The molecule has 0 saturated heterocycles. The van der Waals surface area contributed by atoms with Crippen molar-refractivity contribution >= 4 is 23.2 Å². The number of aryl methyl sites for hydroxylation is 2. The van der Waals surface area contributed by atoms with E-state index in [1.54, 1.807) is 12.1 Å². The molecule has 0 aliphatic rings. The summed E-state index contributed by atoms with van der Waals surface area (Å²) in [6.45, 7) is 6.52. The molecule has 1 heterocycles. The molecule has 2 rings (SSSR count). The third-order valence-corrected chi connectivity index (χ3v) is 4.11. The highest BCUT2D eigenvalue weighted by molar-refractivity contribution is 6.34. The largest absolute Gasteiger partial charge is 0.478 e. The minimum absolute atomic E-state index is 0.115. The highest BCUT2D eigenvalue weighted by Crippen LogP contribution is 2.25. The van der Waals surface area contributed by atoms with Crippen LogP contribution in [0.1, 0.15) is 35.0 Å². The van der Waals surface area contributed by atoms with Crippen LogP contribution in [0.25, 0.3) is 0 Å². The van der Waals surface area contributed by atoms with E-state index in [0.717, 1.165) is 11.1 Å². The monoisotopic (exact) mass is 357 g/mol. The third-order valence-electron chi connectivity index (χ3n) is 3.81. The lowest BCUT2D eigenvalue weighted by Gasteiger charge is -2.23. The number of carbonyl (C=O) groups is 1. The zero-order valence-electron chi connectivity index (χ0n) is 14.5. The van der Waals surface area contributed by atoms with Gasteiger partial charge in [0.1, 0.15) is 0 Å². The smallest absolute Gasteiger partial charge is 0.278 e. The summed E-state index contributed by atoms with van der Waals surface area (Å²) in [5, 5.41) is 9.18.